The third-order valence-electron chi connectivity index (χ3n) is 3.71. The minimum Gasteiger partial charge on any atom is -0.491 e. The number of carbonyl (C=O) groups is 1. The number of aromatic amines is 1. The van der Waals surface area contributed by atoms with Crippen molar-refractivity contribution in [3.63, 3.8) is 0 Å². The Balaban J connectivity index is 1.89. The van der Waals surface area contributed by atoms with Crippen LogP contribution in [0.25, 0.3) is 0 Å². The fourth-order valence-electron chi connectivity index (χ4n) is 2.27. The molecule has 0 amide bonds. The van der Waals surface area contributed by atoms with Crippen molar-refractivity contribution in [1.82, 2.24) is 4.98 Å². The first-order valence-corrected chi connectivity index (χ1v) is 9.13. The molecule has 27 heavy (non-hydrogen) atoms. The van der Waals surface area contributed by atoms with E-state index >= 15 is 0 Å². The first kappa shape index (κ1) is 20.6. The molecule has 6 nitrogen and oxygen atoms in total. The molecule has 0 aliphatic rings. The van der Waals surface area contributed by atoms with Gasteiger partial charge in [-0.3, -0.25) is 4.79 Å². The highest BCUT2D eigenvalue weighted by Gasteiger charge is 2.10. The molecule has 1 aromatic carbocycles. The number of carbonyl (C=O) groups excluding carboxylic acids is 1. The predicted octanol–water partition coefficient (Wildman–Crippen LogP) is 3.94. The average molecular weight is 373 g/mol. The summed E-state index contributed by atoms with van der Waals surface area (Å²) in [5.74, 6) is 1.00. The van der Waals surface area contributed by atoms with Crippen LogP contribution in [0.1, 0.15) is 50.2 Å². The first-order valence-electron chi connectivity index (χ1n) is 9.13. The Kier molecular flexibility index (Phi) is 7.46. The molecule has 0 atom stereocenters. The van der Waals surface area contributed by atoms with Gasteiger partial charge in [0.15, 0.2) is 5.75 Å². The SMILES string of the molecule is CC(C)CCOc1c[nH]c(COC(=O)c2ccc(OC(C)C)cc2)cc1=O. The number of pyridine rings is 1. The van der Waals surface area contributed by atoms with Crippen LogP contribution in [0, 0.1) is 5.92 Å². The molecule has 1 N–H and O–H groups in total. The molecular formula is C21H27NO5. The molecule has 0 fully saturated rings. The van der Waals surface area contributed by atoms with Crippen molar-refractivity contribution in [1.29, 1.82) is 0 Å². The van der Waals surface area contributed by atoms with E-state index in [2.05, 4.69) is 18.8 Å². The Hall–Kier alpha value is -2.76. The van der Waals surface area contributed by atoms with Gasteiger partial charge in [-0.25, -0.2) is 4.79 Å². The van der Waals surface area contributed by atoms with Crippen LogP contribution in [0.2, 0.25) is 0 Å². The number of nitrogens with one attached hydrogen (secondary N) is 1. The molecule has 2 aromatic rings. The van der Waals surface area contributed by atoms with Gasteiger partial charge in [-0.05, 0) is 50.5 Å². The smallest absolute Gasteiger partial charge is 0.338 e. The third-order valence-corrected chi connectivity index (χ3v) is 3.71. The zero-order chi connectivity index (χ0) is 19.8. The summed E-state index contributed by atoms with van der Waals surface area (Å²) in [5.41, 5.74) is 0.685. The third kappa shape index (κ3) is 6.81. The summed E-state index contributed by atoms with van der Waals surface area (Å²) in [6.07, 6.45) is 2.45. The van der Waals surface area contributed by atoms with Crippen molar-refractivity contribution in [2.24, 2.45) is 5.92 Å². The van der Waals surface area contributed by atoms with Crippen LogP contribution >= 0.6 is 0 Å². The maximum absolute atomic E-state index is 12.1. The van der Waals surface area contributed by atoms with Crippen LogP contribution < -0.4 is 14.9 Å². The zero-order valence-corrected chi connectivity index (χ0v) is 16.3. The van der Waals surface area contributed by atoms with Crippen molar-refractivity contribution in [3.8, 4) is 11.5 Å². The van der Waals surface area contributed by atoms with Gasteiger partial charge in [0.1, 0.15) is 12.4 Å². The zero-order valence-electron chi connectivity index (χ0n) is 16.3. The monoisotopic (exact) mass is 373 g/mol. The fraction of sp³-hybridized carbons (Fsp3) is 0.429. The first-order chi connectivity index (χ1) is 12.8. The molecule has 1 aromatic heterocycles. The maximum Gasteiger partial charge on any atom is 0.338 e. The Bertz CT molecular complexity index is 793. The largest absolute Gasteiger partial charge is 0.491 e. The van der Waals surface area contributed by atoms with Crippen molar-refractivity contribution in [2.75, 3.05) is 6.61 Å². The lowest BCUT2D eigenvalue weighted by atomic mass is 10.1. The van der Waals surface area contributed by atoms with Gasteiger partial charge in [-0.2, -0.15) is 0 Å². The molecular weight excluding hydrogens is 346 g/mol. The second kappa shape index (κ2) is 9.80. The van der Waals surface area contributed by atoms with Crippen LogP contribution in [0.3, 0.4) is 0 Å². The highest BCUT2D eigenvalue weighted by atomic mass is 16.5. The summed E-state index contributed by atoms with van der Waals surface area (Å²) >= 11 is 0. The lowest BCUT2D eigenvalue weighted by Crippen LogP contribution is -2.13. The highest BCUT2D eigenvalue weighted by molar-refractivity contribution is 5.89. The van der Waals surface area contributed by atoms with Gasteiger partial charge in [0.2, 0.25) is 5.43 Å². The van der Waals surface area contributed by atoms with Crippen molar-refractivity contribution in [2.45, 2.75) is 46.8 Å². The van der Waals surface area contributed by atoms with E-state index in [-0.39, 0.29) is 23.9 Å². The van der Waals surface area contributed by atoms with E-state index in [0.717, 1.165) is 6.42 Å². The Morgan fingerprint density at radius 1 is 1.11 bits per heavy atom. The lowest BCUT2D eigenvalue weighted by Gasteiger charge is -2.10. The molecule has 0 saturated heterocycles. The van der Waals surface area contributed by atoms with Gasteiger partial charge in [-0.15, -0.1) is 0 Å². The van der Waals surface area contributed by atoms with E-state index in [1.165, 1.54) is 12.3 Å². The standard InChI is InChI=1S/C21H27NO5/c1-14(2)9-10-25-20-12-22-17(11-19(20)23)13-26-21(24)16-5-7-18(8-6-16)27-15(3)4/h5-8,11-12,14-15H,9-10,13H2,1-4H3,(H,22,23). The molecule has 0 unspecified atom stereocenters. The van der Waals surface area contributed by atoms with Gasteiger partial charge in [-0.1, -0.05) is 13.8 Å². The maximum atomic E-state index is 12.1. The van der Waals surface area contributed by atoms with Gasteiger partial charge in [0.05, 0.1) is 24.0 Å². The van der Waals surface area contributed by atoms with Crippen LogP contribution in [0.5, 0.6) is 11.5 Å². The van der Waals surface area contributed by atoms with Gasteiger partial charge in [0, 0.05) is 12.3 Å². The van der Waals surface area contributed by atoms with Crippen LogP contribution in [-0.2, 0) is 11.3 Å². The van der Waals surface area contributed by atoms with Gasteiger partial charge >= 0.3 is 5.97 Å². The van der Waals surface area contributed by atoms with E-state index in [4.69, 9.17) is 14.2 Å². The van der Waals surface area contributed by atoms with Crippen molar-refractivity contribution >= 4 is 5.97 Å². The van der Waals surface area contributed by atoms with E-state index < -0.39 is 5.97 Å². The number of hydrogen-bond donors (Lipinski definition) is 1. The lowest BCUT2D eigenvalue weighted by molar-refractivity contribution is 0.0467. The second-order valence-electron chi connectivity index (χ2n) is 6.98. The molecule has 0 radical (unpaired) electrons. The summed E-state index contributed by atoms with van der Waals surface area (Å²) in [7, 11) is 0. The number of H-pyrrole nitrogens is 1. The molecule has 0 aliphatic carbocycles. The summed E-state index contributed by atoms with van der Waals surface area (Å²) in [6.45, 7) is 8.52. The second-order valence-corrected chi connectivity index (χ2v) is 6.98. The summed E-state index contributed by atoms with van der Waals surface area (Å²) in [4.78, 5) is 27.1. The van der Waals surface area contributed by atoms with Gasteiger partial charge < -0.3 is 19.2 Å². The summed E-state index contributed by atoms with van der Waals surface area (Å²) in [6, 6.07) is 8.13. The molecule has 0 aliphatic heterocycles. The summed E-state index contributed by atoms with van der Waals surface area (Å²) in [5, 5.41) is 0. The van der Waals surface area contributed by atoms with Crippen molar-refractivity contribution in [3.05, 3.63) is 58.0 Å². The number of esters is 1. The van der Waals surface area contributed by atoms with E-state index in [1.54, 1.807) is 24.3 Å². The van der Waals surface area contributed by atoms with Crippen LogP contribution in [0.4, 0.5) is 0 Å². The molecule has 0 saturated carbocycles. The Morgan fingerprint density at radius 3 is 2.41 bits per heavy atom. The van der Waals surface area contributed by atoms with E-state index in [0.29, 0.717) is 29.5 Å². The highest BCUT2D eigenvalue weighted by Crippen LogP contribution is 2.15. The molecule has 6 heteroatoms. The molecule has 1 heterocycles. The Morgan fingerprint density at radius 2 is 1.81 bits per heavy atom. The fourth-order valence-corrected chi connectivity index (χ4v) is 2.27. The minimum absolute atomic E-state index is 0.0232. The normalized spacial score (nSPS) is 10.9. The topological polar surface area (TPSA) is 77.6 Å². The molecule has 2 rings (SSSR count). The van der Waals surface area contributed by atoms with E-state index in [9.17, 15) is 9.59 Å². The van der Waals surface area contributed by atoms with Crippen molar-refractivity contribution < 1.29 is 19.0 Å². The molecule has 0 bridgehead atoms. The average Bonchev–Trinajstić information content (AvgIpc) is 2.61. The Labute approximate surface area is 159 Å². The molecule has 146 valence electrons. The number of ether oxygens (including phenoxy) is 3. The number of aromatic nitrogens is 1. The quantitative estimate of drug-likeness (QED) is 0.674. The number of hydrogen-bond acceptors (Lipinski definition) is 5. The number of benzene rings is 1. The molecule has 0 spiro atoms. The summed E-state index contributed by atoms with van der Waals surface area (Å²) < 4.78 is 16.3. The van der Waals surface area contributed by atoms with Gasteiger partial charge in [0.25, 0.3) is 0 Å². The van der Waals surface area contributed by atoms with E-state index in [1.807, 2.05) is 13.8 Å². The number of rotatable bonds is 9. The van der Waals surface area contributed by atoms with Crippen LogP contribution in [-0.4, -0.2) is 23.7 Å². The van der Waals surface area contributed by atoms with Crippen LogP contribution in [0.15, 0.2) is 41.3 Å². The predicted molar refractivity (Wildman–Crippen MR) is 103 cm³/mol. The minimum atomic E-state index is -0.468.